The number of nitrogens with two attached hydrogens (primary N) is 1. The van der Waals surface area contributed by atoms with Crippen LogP contribution in [0.1, 0.15) is 24.8 Å². The van der Waals surface area contributed by atoms with Gasteiger partial charge in [0.2, 0.25) is 5.91 Å². The van der Waals surface area contributed by atoms with Crippen LogP contribution in [0.5, 0.6) is 0 Å². The smallest absolute Gasteiger partial charge is 0.223 e. The summed E-state index contributed by atoms with van der Waals surface area (Å²) in [5.41, 5.74) is 5.73. The van der Waals surface area contributed by atoms with Crippen molar-refractivity contribution in [2.24, 2.45) is 5.73 Å². The first-order chi connectivity index (χ1) is 10.6. The Balaban J connectivity index is 0.00000264. The number of methoxy groups -OCH3 is 1. The molecule has 3 N–H and O–H groups in total. The topological polar surface area (TPSA) is 73.6 Å². The molecule has 1 heterocycles. The molecule has 23 heavy (non-hydrogen) atoms. The van der Waals surface area contributed by atoms with Crippen LogP contribution in [0, 0.1) is 5.82 Å². The number of benzene rings is 1. The Morgan fingerprint density at radius 1 is 1.48 bits per heavy atom. The average molecular weight is 347 g/mol. The molecule has 1 atom stereocenters. The van der Waals surface area contributed by atoms with Crippen molar-refractivity contribution in [1.82, 2.24) is 5.32 Å². The third kappa shape index (κ3) is 5.14. The lowest BCUT2D eigenvalue weighted by atomic mass is 9.82. The first-order valence-corrected chi connectivity index (χ1v) is 7.47. The summed E-state index contributed by atoms with van der Waals surface area (Å²) < 4.78 is 24.1. The monoisotopic (exact) mass is 346 g/mol. The average Bonchev–Trinajstić information content (AvgIpc) is 2.53. The van der Waals surface area contributed by atoms with E-state index in [1.165, 1.54) is 19.2 Å². The van der Waals surface area contributed by atoms with Gasteiger partial charge in [-0.2, -0.15) is 0 Å². The van der Waals surface area contributed by atoms with E-state index in [2.05, 4.69) is 5.32 Å². The van der Waals surface area contributed by atoms with Crippen LogP contribution >= 0.6 is 12.4 Å². The van der Waals surface area contributed by atoms with E-state index in [1.807, 2.05) is 6.07 Å². The summed E-state index contributed by atoms with van der Waals surface area (Å²) in [6.45, 7) is 1.34. The van der Waals surface area contributed by atoms with Crippen LogP contribution in [0.4, 0.5) is 4.39 Å². The van der Waals surface area contributed by atoms with E-state index in [1.54, 1.807) is 6.07 Å². The molecule has 1 unspecified atom stereocenters. The van der Waals surface area contributed by atoms with Gasteiger partial charge in [-0.05, 0) is 30.5 Å². The molecule has 2 rings (SSSR count). The Morgan fingerprint density at radius 2 is 2.17 bits per heavy atom. The zero-order chi connectivity index (χ0) is 16.0. The van der Waals surface area contributed by atoms with Crippen LogP contribution in [0.15, 0.2) is 24.3 Å². The van der Waals surface area contributed by atoms with Crippen molar-refractivity contribution in [3.8, 4) is 0 Å². The minimum atomic E-state index is -0.593. The van der Waals surface area contributed by atoms with Crippen LogP contribution in [0.25, 0.3) is 0 Å². The van der Waals surface area contributed by atoms with Gasteiger partial charge < -0.3 is 20.5 Å². The number of rotatable bonds is 6. The normalized spacial score (nSPS) is 17.9. The molecule has 1 aromatic carbocycles. The molecular weight excluding hydrogens is 323 g/mol. The van der Waals surface area contributed by atoms with Crippen LogP contribution in [-0.2, 0) is 19.8 Å². The third-order valence-corrected chi connectivity index (χ3v) is 4.11. The van der Waals surface area contributed by atoms with E-state index in [0.717, 1.165) is 5.56 Å². The molecule has 130 valence electrons. The van der Waals surface area contributed by atoms with Crippen molar-refractivity contribution < 1.29 is 18.7 Å². The number of hydrogen-bond donors (Lipinski definition) is 2. The van der Waals surface area contributed by atoms with Gasteiger partial charge in [0.05, 0.1) is 18.1 Å². The minimum absolute atomic E-state index is 0. The molecule has 0 bridgehead atoms. The summed E-state index contributed by atoms with van der Waals surface area (Å²) >= 11 is 0. The Labute approximate surface area is 142 Å². The molecule has 1 aromatic rings. The van der Waals surface area contributed by atoms with Gasteiger partial charge in [0.15, 0.2) is 0 Å². The molecule has 1 aliphatic rings. The second-order valence-corrected chi connectivity index (χ2v) is 5.55. The number of hydrogen-bond acceptors (Lipinski definition) is 4. The van der Waals surface area contributed by atoms with Gasteiger partial charge in [0.25, 0.3) is 0 Å². The molecule has 1 amide bonds. The summed E-state index contributed by atoms with van der Waals surface area (Å²) in [5, 5.41) is 3.05. The van der Waals surface area contributed by atoms with Crippen LogP contribution in [-0.4, -0.2) is 38.9 Å². The number of carbonyl (C=O) groups is 1. The van der Waals surface area contributed by atoms with Gasteiger partial charge in [0, 0.05) is 26.9 Å². The maximum atomic E-state index is 13.6. The largest absolute Gasteiger partial charge is 0.381 e. The first kappa shape index (κ1) is 19.8. The fourth-order valence-electron chi connectivity index (χ4n) is 2.78. The predicted molar refractivity (Wildman–Crippen MR) is 88.0 cm³/mol. The van der Waals surface area contributed by atoms with Crippen molar-refractivity contribution in [2.75, 3.05) is 26.9 Å². The maximum Gasteiger partial charge on any atom is 0.223 e. The van der Waals surface area contributed by atoms with Crippen molar-refractivity contribution in [3.63, 3.8) is 0 Å². The van der Waals surface area contributed by atoms with Gasteiger partial charge in [-0.1, -0.05) is 12.1 Å². The third-order valence-electron chi connectivity index (χ3n) is 4.11. The van der Waals surface area contributed by atoms with E-state index >= 15 is 0 Å². The molecular formula is C16H24ClFN2O3. The van der Waals surface area contributed by atoms with Crippen molar-refractivity contribution in [3.05, 3.63) is 35.6 Å². The molecule has 0 spiro atoms. The fourth-order valence-corrected chi connectivity index (χ4v) is 2.78. The second kappa shape index (κ2) is 9.17. The summed E-state index contributed by atoms with van der Waals surface area (Å²) in [6.07, 6.45) is 1.10. The molecule has 0 radical (unpaired) electrons. The Bertz CT molecular complexity index is 506. The summed E-state index contributed by atoms with van der Waals surface area (Å²) in [6, 6.07) is 6.37. The van der Waals surface area contributed by atoms with Crippen LogP contribution in [0.2, 0.25) is 0 Å². The molecule has 1 aliphatic heterocycles. The Kier molecular flexibility index (Phi) is 7.91. The number of nitrogens with one attached hydrogen (secondary N) is 1. The maximum absolute atomic E-state index is 13.6. The number of ether oxygens (including phenoxy) is 2. The van der Waals surface area contributed by atoms with Gasteiger partial charge in [-0.25, -0.2) is 4.39 Å². The van der Waals surface area contributed by atoms with Crippen LogP contribution in [0.3, 0.4) is 0 Å². The highest BCUT2D eigenvalue weighted by Gasteiger charge is 2.36. The molecule has 0 aromatic heterocycles. The molecule has 5 nitrogen and oxygen atoms in total. The molecule has 1 saturated heterocycles. The van der Waals surface area contributed by atoms with Crippen LogP contribution < -0.4 is 11.1 Å². The van der Waals surface area contributed by atoms with Crippen molar-refractivity contribution >= 4 is 18.3 Å². The minimum Gasteiger partial charge on any atom is -0.381 e. The highest BCUT2D eigenvalue weighted by Crippen LogP contribution is 2.32. The quantitative estimate of drug-likeness (QED) is 0.822. The summed E-state index contributed by atoms with van der Waals surface area (Å²) in [5.74, 6) is -0.460. The predicted octanol–water partition coefficient (Wildman–Crippen LogP) is 1.73. The molecule has 1 fully saturated rings. The molecule has 0 saturated carbocycles. The highest BCUT2D eigenvalue weighted by atomic mass is 35.5. The van der Waals surface area contributed by atoms with Crippen molar-refractivity contribution in [2.45, 2.75) is 30.9 Å². The van der Waals surface area contributed by atoms with Gasteiger partial charge in [-0.3, -0.25) is 4.79 Å². The highest BCUT2D eigenvalue weighted by molar-refractivity contribution is 5.85. The van der Waals surface area contributed by atoms with E-state index in [0.29, 0.717) is 26.1 Å². The first-order valence-electron chi connectivity index (χ1n) is 7.47. The summed E-state index contributed by atoms with van der Waals surface area (Å²) in [7, 11) is 1.53. The number of halogens is 2. The zero-order valence-electron chi connectivity index (χ0n) is 13.2. The number of amides is 1. The van der Waals surface area contributed by atoms with Crippen molar-refractivity contribution in [1.29, 1.82) is 0 Å². The lowest BCUT2D eigenvalue weighted by Crippen LogP contribution is -2.50. The lowest BCUT2D eigenvalue weighted by molar-refractivity contribution is -0.126. The number of carbonyl (C=O) groups excluding carboxylic acids is 1. The van der Waals surface area contributed by atoms with E-state index in [4.69, 9.17) is 15.2 Å². The Morgan fingerprint density at radius 3 is 2.74 bits per heavy atom. The van der Waals surface area contributed by atoms with Gasteiger partial charge >= 0.3 is 0 Å². The van der Waals surface area contributed by atoms with Gasteiger partial charge in [-0.15, -0.1) is 12.4 Å². The van der Waals surface area contributed by atoms with E-state index < -0.39 is 5.54 Å². The second-order valence-electron chi connectivity index (χ2n) is 5.55. The fraction of sp³-hybridized carbons (Fsp3) is 0.562. The summed E-state index contributed by atoms with van der Waals surface area (Å²) in [4.78, 5) is 12.3. The SMILES string of the molecule is COC(CN)CC(=O)NC1(c2cccc(F)c2)CCOCC1.Cl. The van der Waals surface area contributed by atoms with E-state index in [-0.39, 0.29) is 43.2 Å². The lowest BCUT2D eigenvalue weighted by Gasteiger charge is -2.39. The Hall–Kier alpha value is -1.21. The van der Waals surface area contributed by atoms with Gasteiger partial charge in [0.1, 0.15) is 5.82 Å². The molecule has 0 aliphatic carbocycles. The van der Waals surface area contributed by atoms with E-state index in [9.17, 15) is 9.18 Å². The molecule has 7 heteroatoms. The zero-order valence-corrected chi connectivity index (χ0v) is 14.0. The standard InChI is InChI=1S/C16H23FN2O3.ClH/c1-21-14(11-18)10-15(20)19-16(5-7-22-8-6-16)12-3-2-4-13(17)9-12;/h2-4,9,14H,5-8,10-11,18H2,1H3,(H,19,20);1H.